The Hall–Kier alpha value is -4.44. The van der Waals surface area contributed by atoms with E-state index < -0.39 is 0 Å². The predicted molar refractivity (Wildman–Crippen MR) is 147 cm³/mol. The molecule has 4 aromatic rings. The second-order valence-electron chi connectivity index (χ2n) is 8.50. The molecule has 0 radical (unpaired) electrons. The molecule has 4 heteroatoms. The van der Waals surface area contributed by atoms with Gasteiger partial charge in [-0.05, 0) is 61.0 Å². The molecule has 1 aliphatic heterocycles. The topological polar surface area (TPSA) is 43.2 Å². The Morgan fingerprint density at radius 2 is 1.53 bits per heavy atom. The van der Waals surface area contributed by atoms with Crippen LogP contribution in [-0.4, -0.2) is 18.4 Å². The predicted octanol–water partition coefficient (Wildman–Crippen LogP) is 8.05. The van der Waals surface area contributed by atoms with Gasteiger partial charge in [0.2, 0.25) is 11.8 Å². The number of hydrogen-bond acceptors (Lipinski definition) is 4. The second-order valence-corrected chi connectivity index (χ2v) is 8.50. The minimum atomic E-state index is 0.0294. The number of fused-ring (bicyclic) bond motifs is 1. The first-order valence-corrected chi connectivity index (χ1v) is 12.2. The van der Waals surface area contributed by atoms with Crippen molar-refractivity contribution in [1.29, 1.82) is 0 Å². The van der Waals surface area contributed by atoms with Gasteiger partial charge in [0.05, 0.1) is 18.0 Å². The summed E-state index contributed by atoms with van der Waals surface area (Å²) in [6.45, 7) is 4.67. The number of aliphatic imine (C=N–C) groups is 2. The molecule has 0 bridgehead atoms. The van der Waals surface area contributed by atoms with E-state index in [4.69, 9.17) is 19.5 Å². The molecular weight excluding hydrogens is 444 g/mol. The van der Waals surface area contributed by atoms with Crippen LogP contribution in [0.1, 0.15) is 42.0 Å². The first-order chi connectivity index (χ1) is 17.7. The van der Waals surface area contributed by atoms with Crippen molar-refractivity contribution >= 4 is 28.9 Å². The Morgan fingerprint density at radius 3 is 2.31 bits per heavy atom. The van der Waals surface area contributed by atoms with Crippen molar-refractivity contribution in [2.45, 2.75) is 19.8 Å². The molecule has 0 aliphatic carbocycles. The highest BCUT2D eigenvalue weighted by atomic mass is 16.5. The molecule has 1 aliphatic rings. The number of nitrogens with zero attached hydrogens (tertiary/aromatic N) is 2. The van der Waals surface area contributed by atoms with Crippen molar-refractivity contribution in [2.75, 3.05) is 6.61 Å². The maximum atomic E-state index is 6.37. The first-order valence-electron chi connectivity index (χ1n) is 12.2. The molecule has 0 aromatic heterocycles. The normalized spacial score (nSPS) is 15.0. The molecule has 0 amide bonds. The van der Waals surface area contributed by atoms with Crippen molar-refractivity contribution < 1.29 is 9.47 Å². The van der Waals surface area contributed by atoms with Gasteiger partial charge >= 0.3 is 0 Å². The Morgan fingerprint density at radius 1 is 0.861 bits per heavy atom. The largest absolute Gasteiger partial charge is 0.478 e. The van der Waals surface area contributed by atoms with Crippen molar-refractivity contribution in [2.24, 2.45) is 9.98 Å². The third kappa shape index (κ3) is 5.13. The van der Waals surface area contributed by atoms with Crippen LogP contribution >= 0.6 is 0 Å². The van der Waals surface area contributed by atoms with Crippen LogP contribution in [0.15, 0.2) is 125 Å². The molecule has 5 rings (SSSR count). The average molecular weight is 473 g/mol. The fourth-order valence-corrected chi connectivity index (χ4v) is 4.20. The van der Waals surface area contributed by atoms with Crippen molar-refractivity contribution in [3.63, 3.8) is 0 Å². The molecule has 0 fully saturated rings. The third-order valence-corrected chi connectivity index (χ3v) is 5.97. The van der Waals surface area contributed by atoms with Gasteiger partial charge in [-0.2, -0.15) is 0 Å². The third-order valence-electron chi connectivity index (χ3n) is 5.97. The van der Waals surface area contributed by atoms with Crippen molar-refractivity contribution in [3.05, 3.63) is 138 Å². The van der Waals surface area contributed by atoms with E-state index in [1.807, 2.05) is 110 Å². The number of benzene rings is 4. The van der Waals surface area contributed by atoms with Crippen LogP contribution in [0.2, 0.25) is 0 Å². The van der Waals surface area contributed by atoms with Gasteiger partial charge in [-0.15, -0.1) is 0 Å². The maximum absolute atomic E-state index is 6.37. The summed E-state index contributed by atoms with van der Waals surface area (Å²) in [4.78, 5) is 9.71. The summed E-state index contributed by atoms with van der Waals surface area (Å²) < 4.78 is 12.3. The van der Waals surface area contributed by atoms with Crippen LogP contribution in [0.5, 0.6) is 0 Å². The van der Waals surface area contributed by atoms with Crippen LogP contribution in [0.4, 0.5) is 11.4 Å². The van der Waals surface area contributed by atoms with E-state index in [1.54, 1.807) is 0 Å². The standard InChI is InChI=1S/C32H28N2O2/c1-3-35-31(24-14-6-4-7-15-24)33-28-20-12-10-18-26(28)23(2)22-30-27-19-11-13-21-29(27)34-32(36-30)25-16-8-5-9-17-25/h4-23H,3H2,1-2H3/b30-22+,33-31?. The van der Waals surface area contributed by atoms with Crippen molar-refractivity contribution in [1.82, 2.24) is 0 Å². The minimum Gasteiger partial charge on any atom is -0.478 e. The van der Waals surface area contributed by atoms with Gasteiger partial charge in [0.15, 0.2) is 0 Å². The number of para-hydroxylation sites is 2. The lowest BCUT2D eigenvalue weighted by atomic mass is 9.96. The summed E-state index contributed by atoms with van der Waals surface area (Å²) in [7, 11) is 0. The summed E-state index contributed by atoms with van der Waals surface area (Å²) in [5, 5.41) is 0. The quantitative estimate of drug-likeness (QED) is 0.210. The Bertz CT molecular complexity index is 1420. The van der Waals surface area contributed by atoms with E-state index in [-0.39, 0.29) is 5.92 Å². The Labute approximate surface area is 212 Å². The van der Waals surface area contributed by atoms with E-state index in [0.29, 0.717) is 18.4 Å². The van der Waals surface area contributed by atoms with E-state index >= 15 is 0 Å². The van der Waals surface area contributed by atoms with E-state index in [2.05, 4.69) is 19.1 Å². The number of allylic oxidation sites excluding steroid dienone is 1. The van der Waals surface area contributed by atoms with Crippen LogP contribution in [0.25, 0.3) is 5.76 Å². The monoisotopic (exact) mass is 472 g/mol. The van der Waals surface area contributed by atoms with E-state index in [1.165, 1.54) is 0 Å². The van der Waals surface area contributed by atoms with E-state index in [9.17, 15) is 0 Å². The molecule has 1 unspecified atom stereocenters. The fourth-order valence-electron chi connectivity index (χ4n) is 4.20. The molecule has 1 atom stereocenters. The van der Waals surface area contributed by atoms with Crippen LogP contribution < -0.4 is 0 Å². The smallest absolute Gasteiger partial charge is 0.227 e. The molecular formula is C32H28N2O2. The number of rotatable bonds is 6. The minimum absolute atomic E-state index is 0.0294. The van der Waals surface area contributed by atoms with Crippen LogP contribution in [-0.2, 0) is 9.47 Å². The molecule has 0 saturated heterocycles. The molecule has 0 spiro atoms. The SMILES string of the molecule is CCOC(=Nc1ccccc1C(C)/C=C1/OC(c2ccccc2)=Nc2ccccc21)c1ccccc1. The van der Waals surface area contributed by atoms with Gasteiger partial charge in [0, 0.05) is 22.6 Å². The Kier molecular flexibility index (Phi) is 7.04. The van der Waals surface area contributed by atoms with Gasteiger partial charge < -0.3 is 9.47 Å². The van der Waals surface area contributed by atoms with Gasteiger partial charge in [0.1, 0.15) is 5.76 Å². The molecule has 4 nitrogen and oxygen atoms in total. The molecule has 178 valence electrons. The lowest BCUT2D eigenvalue weighted by Gasteiger charge is -2.21. The highest BCUT2D eigenvalue weighted by Gasteiger charge is 2.21. The van der Waals surface area contributed by atoms with Crippen LogP contribution in [0, 0.1) is 0 Å². The zero-order valence-corrected chi connectivity index (χ0v) is 20.5. The molecule has 0 N–H and O–H groups in total. The fraction of sp³-hybridized carbons (Fsp3) is 0.125. The van der Waals surface area contributed by atoms with Gasteiger partial charge in [-0.25, -0.2) is 9.98 Å². The zero-order chi connectivity index (χ0) is 24.7. The first kappa shape index (κ1) is 23.3. The van der Waals surface area contributed by atoms with E-state index in [0.717, 1.165) is 39.4 Å². The van der Waals surface area contributed by atoms with Crippen LogP contribution in [0.3, 0.4) is 0 Å². The maximum Gasteiger partial charge on any atom is 0.227 e. The lowest BCUT2D eigenvalue weighted by Crippen LogP contribution is -2.11. The highest BCUT2D eigenvalue weighted by molar-refractivity contribution is 6.02. The van der Waals surface area contributed by atoms with Crippen molar-refractivity contribution in [3.8, 4) is 0 Å². The summed E-state index contributed by atoms with van der Waals surface area (Å²) in [6.07, 6.45) is 2.15. The summed E-state index contributed by atoms with van der Waals surface area (Å²) in [5.41, 5.74) is 5.73. The zero-order valence-electron chi connectivity index (χ0n) is 20.5. The summed E-state index contributed by atoms with van der Waals surface area (Å²) in [5.74, 6) is 2.03. The molecule has 4 aromatic carbocycles. The van der Waals surface area contributed by atoms with Gasteiger partial charge in [0.25, 0.3) is 0 Å². The lowest BCUT2D eigenvalue weighted by molar-refractivity contribution is 0.329. The Balaban J connectivity index is 1.53. The second kappa shape index (κ2) is 10.9. The molecule has 0 saturated carbocycles. The number of hydrogen-bond donors (Lipinski definition) is 0. The van der Waals surface area contributed by atoms with Gasteiger partial charge in [-0.3, -0.25) is 0 Å². The molecule has 1 heterocycles. The van der Waals surface area contributed by atoms with Gasteiger partial charge in [-0.1, -0.05) is 73.7 Å². The molecule has 36 heavy (non-hydrogen) atoms. The summed E-state index contributed by atoms with van der Waals surface area (Å²) >= 11 is 0. The summed E-state index contributed by atoms with van der Waals surface area (Å²) in [6, 6.07) is 36.2. The average Bonchev–Trinajstić information content (AvgIpc) is 2.94. The highest BCUT2D eigenvalue weighted by Crippen LogP contribution is 2.37. The number of ether oxygens (including phenoxy) is 2.